The summed E-state index contributed by atoms with van der Waals surface area (Å²) in [5, 5.41) is 0. The molecular formula is C28H42N2O3. The van der Waals surface area contributed by atoms with Gasteiger partial charge in [0.1, 0.15) is 17.6 Å². The Kier molecular flexibility index (Phi) is 13.2. The van der Waals surface area contributed by atoms with Crippen LogP contribution in [0.2, 0.25) is 0 Å². The predicted molar refractivity (Wildman–Crippen MR) is 135 cm³/mol. The van der Waals surface area contributed by atoms with E-state index in [1.165, 1.54) is 57.7 Å². The van der Waals surface area contributed by atoms with E-state index in [0.717, 1.165) is 36.5 Å². The molecule has 5 heteroatoms. The molecule has 0 aliphatic carbocycles. The molecule has 0 saturated heterocycles. The minimum atomic E-state index is -0.377. The molecule has 5 nitrogen and oxygen atoms in total. The standard InChI is InChI=1S/C28H42N2O3/c1-4-6-7-8-9-13-19-32-26-18-11-10-17-24(26)27-25(21-29-22-30-27)28(31)33-20-14-12-16-23(3)15-5-2/h10-11,17-18,21-23H,4-9,12-16,19-20H2,1-3H3. The Hall–Kier alpha value is -2.43. The summed E-state index contributed by atoms with van der Waals surface area (Å²) in [5.74, 6) is 1.09. The van der Waals surface area contributed by atoms with Crippen LogP contribution in [0.15, 0.2) is 36.8 Å². The highest BCUT2D eigenvalue weighted by Crippen LogP contribution is 2.31. The second-order valence-electron chi connectivity index (χ2n) is 8.92. The number of ether oxygens (including phenoxy) is 2. The third-order valence-electron chi connectivity index (χ3n) is 5.94. The predicted octanol–water partition coefficient (Wildman–Crippen LogP) is 7.65. The first kappa shape index (κ1) is 26.8. The number of carbonyl (C=O) groups excluding carboxylic acids is 1. The lowest BCUT2D eigenvalue weighted by atomic mass is 9.99. The Bertz CT molecular complexity index is 809. The molecule has 0 bridgehead atoms. The fourth-order valence-corrected chi connectivity index (χ4v) is 4.02. The molecule has 0 spiro atoms. The van der Waals surface area contributed by atoms with Crippen LogP contribution in [0.5, 0.6) is 5.75 Å². The van der Waals surface area contributed by atoms with Crippen molar-refractivity contribution in [2.75, 3.05) is 13.2 Å². The maximum atomic E-state index is 12.8. The van der Waals surface area contributed by atoms with Crippen LogP contribution < -0.4 is 4.74 Å². The van der Waals surface area contributed by atoms with Crippen LogP contribution in [0.4, 0.5) is 0 Å². The Labute approximate surface area is 200 Å². The van der Waals surface area contributed by atoms with E-state index in [1.807, 2.05) is 24.3 Å². The maximum Gasteiger partial charge on any atom is 0.341 e. The van der Waals surface area contributed by atoms with Crippen molar-refractivity contribution in [3.8, 4) is 17.0 Å². The normalized spacial score (nSPS) is 11.8. The molecule has 1 unspecified atom stereocenters. The average molecular weight is 455 g/mol. The third kappa shape index (κ3) is 9.93. The summed E-state index contributed by atoms with van der Waals surface area (Å²) in [7, 11) is 0. The summed E-state index contributed by atoms with van der Waals surface area (Å²) in [6.07, 6.45) is 15.9. The highest BCUT2D eigenvalue weighted by Gasteiger charge is 2.18. The average Bonchev–Trinajstić information content (AvgIpc) is 2.83. The van der Waals surface area contributed by atoms with Crippen molar-refractivity contribution < 1.29 is 14.3 Å². The van der Waals surface area contributed by atoms with Crippen molar-refractivity contribution >= 4 is 5.97 Å². The molecule has 182 valence electrons. The third-order valence-corrected chi connectivity index (χ3v) is 5.94. The summed E-state index contributed by atoms with van der Waals surface area (Å²) >= 11 is 0. The monoisotopic (exact) mass is 454 g/mol. The molecule has 1 aromatic heterocycles. The van der Waals surface area contributed by atoms with Gasteiger partial charge in [-0.2, -0.15) is 0 Å². The zero-order valence-corrected chi connectivity index (χ0v) is 20.9. The van der Waals surface area contributed by atoms with Crippen molar-refractivity contribution in [3.05, 3.63) is 42.4 Å². The summed E-state index contributed by atoms with van der Waals surface area (Å²) in [5.41, 5.74) is 1.74. The topological polar surface area (TPSA) is 61.3 Å². The molecule has 2 aromatic rings. The SMILES string of the molecule is CCCCCCCCOc1ccccc1-c1ncncc1C(=O)OCCCCC(C)CCC. The highest BCUT2D eigenvalue weighted by atomic mass is 16.5. The van der Waals surface area contributed by atoms with E-state index < -0.39 is 0 Å². The van der Waals surface area contributed by atoms with Crippen molar-refractivity contribution in [1.29, 1.82) is 0 Å². The van der Waals surface area contributed by atoms with Crippen molar-refractivity contribution in [3.63, 3.8) is 0 Å². The molecule has 0 aliphatic heterocycles. The van der Waals surface area contributed by atoms with Gasteiger partial charge in [0.05, 0.1) is 18.9 Å². The molecule has 0 radical (unpaired) electrons. The van der Waals surface area contributed by atoms with Gasteiger partial charge in [-0.15, -0.1) is 0 Å². The van der Waals surface area contributed by atoms with Crippen molar-refractivity contribution in [1.82, 2.24) is 9.97 Å². The molecule has 2 rings (SSSR count). The van der Waals surface area contributed by atoms with Gasteiger partial charge >= 0.3 is 5.97 Å². The fourth-order valence-electron chi connectivity index (χ4n) is 4.02. The Morgan fingerprint density at radius 3 is 2.48 bits per heavy atom. The number of nitrogens with zero attached hydrogens (tertiary/aromatic N) is 2. The van der Waals surface area contributed by atoms with Crippen LogP contribution in [-0.2, 0) is 4.74 Å². The molecule has 1 heterocycles. The fraction of sp³-hybridized carbons (Fsp3) is 0.607. The van der Waals surface area contributed by atoms with E-state index in [4.69, 9.17) is 9.47 Å². The van der Waals surface area contributed by atoms with Gasteiger partial charge in [0.25, 0.3) is 0 Å². The molecular weight excluding hydrogens is 412 g/mol. The second kappa shape index (κ2) is 16.2. The van der Waals surface area contributed by atoms with E-state index in [1.54, 1.807) is 6.20 Å². The Morgan fingerprint density at radius 1 is 0.909 bits per heavy atom. The summed E-state index contributed by atoms with van der Waals surface area (Å²) in [6, 6.07) is 7.74. The smallest absolute Gasteiger partial charge is 0.341 e. The first-order valence-corrected chi connectivity index (χ1v) is 12.9. The number of rotatable bonds is 17. The van der Waals surface area contributed by atoms with Gasteiger partial charge in [-0.25, -0.2) is 14.8 Å². The molecule has 1 atom stereocenters. The van der Waals surface area contributed by atoms with E-state index in [9.17, 15) is 4.79 Å². The quantitative estimate of drug-likeness (QED) is 0.181. The molecule has 0 fully saturated rings. The lowest BCUT2D eigenvalue weighted by Crippen LogP contribution is -2.10. The van der Waals surface area contributed by atoms with Crippen molar-refractivity contribution in [2.45, 2.75) is 91.4 Å². The van der Waals surface area contributed by atoms with Crippen LogP contribution in [0.1, 0.15) is 102 Å². The van der Waals surface area contributed by atoms with Gasteiger partial charge in [-0.05, 0) is 37.3 Å². The largest absolute Gasteiger partial charge is 0.493 e. The van der Waals surface area contributed by atoms with Crippen molar-refractivity contribution in [2.24, 2.45) is 5.92 Å². The number of esters is 1. The van der Waals surface area contributed by atoms with Gasteiger partial charge in [-0.1, -0.05) is 84.3 Å². The zero-order valence-electron chi connectivity index (χ0n) is 20.9. The van der Waals surface area contributed by atoms with E-state index in [0.29, 0.717) is 24.5 Å². The maximum absolute atomic E-state index is 12.8. The van der Waals surface area contributed by atoms with Crippen LogP contribution in [0, 0.1) is 5.92 Å². The number of hydrogen-bond acceptors (Lipinski definition) is 5. The van der Waals surface area contributed by atoms with Gasteiger partial charge in [0.2, 0.25) is 0 Å². The lowest BCUT2D eigenvalue weighted by Gasteiger charge is -2.13. The van der Waals surface area contributed by atoms with Crippen LogP contribution in [0.25, 0.3) is 11.3 Å². The van der Waals surface area contributed by atoms with E-state index in [2.05, 4.69) is 30.7 Å². The Morgan fingerprint density at radius 2 is 1.67 bits per heavy atom. The van der Waals surface area contributed by atoms with Crippen LogP contribution in [-0.4, -0.2) is 29.2 Å². The number of carbonyl (C=O) groups is 1. The summed E-state index contributed by atoms with van der Waals surface area (Å²) < 4.78 is 11.6. The van der Waals surface area contributed by atoms with Gasteiger partial charge in [-0.3, -0.25) is 0 Å². The molecule has 0 saturated carbocycles. The van der Waals surface area contributed by atoms with Gasteiger partial charge in [0, 0.05) is 11.8 Å². The number of para-hydroxylation sites is 1. The highest BCUT2D eigenvalue weighted by molar-refractivity contribution is 5.96. The first-order valence-electron chi connectivity index (χ1n) is 12.9. The van der Waals surface area contributed by atoms with Gasteiger partial charge in [0.15, 0.2) is 0 Å². The van der Waals surface area contributed by atoms with Gasteiger partial charge < -0.3 is 9.47 Å². The van der Waals surface area contributed by atoms with Crippen LogP contribution >= 0.6 is 0 Å². The molecule has 1 aromatic carbocycles. The lowest BCUT2D eigenvalue weighted by molar-refractivity contribution is 0.0496. The molecule has 33 heavy (non-hydrogen) atoms. The summed E-state index contributed by atoms with van der Waals surface area (Å²) in [4.78, 5) is 21.3. The van der Waals surface area contributed by atoms with E-state index >= 15 is 0 Å². The Balaban J connectivity index is 1.92. The van der Waals surface area contributed by atoms with Crippen LogP contribution in [0.3, 0.4) is 0 Å². The zero-order chi connectivity index (χ0) is 23.7. The van der Waals surface area contributed by atoms with E-state index in [-0.39, 0.29) is 5.97 Å². The minimum absolute atomic E-state index is 0.377. The number of aromatic nitrogens is 2. The second-order valence-corrected chi connectivity index (χ2v) is 8.92. The summed E-state index contributed by atoms with van der Waals surface area (Å²) in [6.45, 7) is 7.81. The number of hydrogen-bond donors (Lipinski definition) is 0. The first-order chi connectivity index (χ1) is 16.2. The number of unbranched alkanes of at least 4 members (excludes halogenated alkanes) is 6. The minimum Gasteiger partial charge on any atom is -0.493 e. The molecule has 0 amide bonds. The number of benzene rings is 1. The molecule has 0 N–H and O–H groups in total. The molecule has 0 aliphatic rings.